The molecule has 1 amide bonds. The third-order valence-electron chi connectivity index (χ3n) is 5.05. The highest BCUT2D eigenvalue weighted by Gasteiger charge is 2.54. The minimum Gasteiger partial charge on any atom is -0.342 e. The molecule has 2 N–H and O–H groups in total. The van der Waals surface area contributed by atoms with Gasteiger partial charge in [0.2, 0.25) is 5.91 Å². The second-order valence-electron chi connectivity index (χ2n) is 6.29. The number of nitrogens with zero attached hydrogens (tertiary/aromatic N) is 1. The first-order valence-corrected chi connectivity index (χ1v) is 7.02. The molecule has 0 aromatic carbocycles. The first-order chi connectivity index (χ1) is 7.98. The maximum absolute atomic E-state index is 12.3. The molecule has 0 radical (unpaired) electrons. The van der Waals surface area contributed by atoms with Crippen LogP contribution in [0.3, 0.4) is 0 Å². The van der Waals surface area contributed by atoms with Crippen LogP contribution in [0.2, 0.25) is 0 Å². The number of carbonyl (C=O) groups is 1. The van der Waals surface area contributed by atoms with E-state index >= 15 is 0 Å². The van der Waals surface area contributed by atoms with Gasteiger partial charge in [-0.15, -0.1) is 0 Å². The van der Waals surface area contributed by atoms with Crippen molar-refractivity contribution < 1.29 is 4.79 Å². The zero-order chi connectivity index (χ0) is 12.6. The van der Waals surface area contributed by atoms with E-state index in [9.17, 15) is 4.79 Å². The number of hydrogen-bond acceptors (Lipinski definition) is 2. The summed E-state index contributed by atoms with van der Waals surface area (Å²) in [4.78, 5) is 14.4. The second-order valence-corrected chi connectivity index (χ2v) is 6.29. The number of hydrogen-bond donors (Lipinski definition) is 1. The fourth-order valence-electron chi connectivity index (χ4n) is 3.05. The quantitative estimate of drug-likeness (QED) is 0.817. The first-order valence-electron chi connectivity index (χ1n) is 7.02. The molecule has 3 heteroatoms. The SMILES string of the molecule is CCC1(C)CC1C(=O)N1CCC(C(C)N)CC1. The summed E-state index contributed by atoms with van der Waals surface area (Å²) in [5.41, 5.74) is 6.22. The Hall–Kier alpha value is -0.570. The molecule has 1 heterocycles. The Balaban J connectivity index is 1.84. The van der Waals surface area contributed by atoms with Crippen LogP contribution in [0.1, 0.15) is 46.5 Å². The molecule has 0 aromatic rings. The molecule has 1 saturated heterocycles. The van der Waals surface area contributed by atoms with Crippen LogP contribution in [0.5, 0.6) is 0 Å². The van der Waals surface area contributed by atoms with Crippen molar-refractivity contribution in [2.45, 2.75) is 52.5 Å². The van der Waals surface area contributed by atoms with E-state index in [4.69, 9.17) is 5.73 Å². The summed E-state index contributed by atoms with van der Waals surface area (Å²) in [5.74, 6) is 1.31. The van der Waals surface area contributed by atoms with Crippen molar-refractivity contribution in [3.8, 4) is 0 Å². The predicted octanol–water partition coefficient (Wildman–Crippen LogP) is 2.01. The second kappa shape index (κ2) is 4.60. The number of rotatable bonds is 3. The van der Waals surface area contributed by atoms with Gasteiger partial charge in [0, 0.05) is 25.0 Å². The average molecular weight is 238 g/mol. The summed E-state index contributed by atoms with van der Waals surface area (Å²) < 4.78 is 0. The lowest BCUT2D eigenvalue weighted by Gasteiger charge is -2.34. The molecule has 0 bridgehead atoms. The normalized spacial score (nSPS) is 35.8. The van der Waals surface area contributed by atoms with Gasteiger partial charge in [0.1, 0.15) is 0 Å². The van der Waals surface area contributed by atoms with Crippen molar-refractivity contribution in [3.63, 3.8) is 0 Å². The minimum absolute atomic E-state index is 0.272. The molecular formula is C14H26N2O. The summed E-state index contributed by atoms with van der Waals surface area (Å²) >= 11 is 0. The highest BCUT2D eigenvalue weighted by Crippen LogP contribution is 2.55. The molecular weight excluding hydrogens is 212 g/mol. The lowest BCUT2D eigenvalue weighted by molar-refractivity contribution is -0.134. The zero-order valence-corrected chi connectivity index (χ0v) is 11.4. The Morgan fingerprint density at radius 1 is 1.47 bits per heavy atom. The molecule has 98 valence electrons. The van der Waals surface area contributed by atoms with E-state index in [1.165, 1.54) is 0 Å². The van der Waals surface area contributed by atoms with E-state index in [-0.39, 0.29) is 6.04 Å². The van der Waals surface area contributed by atoms with E-state index < -0.39 is 0 Å². The molecule has 0 spiro atoms. The highest BCUT2D eigenvalue weighted by atomic mass is 16.2. The van der Waals surface area contributed by atoms with Gasteiger partial charge < -0.3 is 10.6 Å². The van der Waals surface area contributed by atoms with Gasteiger partial charge in [-0.05, 0) is 43.9 Å². The Morgan fingerprint density at radius 3 is 2.47 bits per heavy atom. The van der Waals surface area contributed by atoms with Gasteiger partial charge in [-0.3, -0.25) is 4.79 Å². The molecule has 0 aromatic heterocycles. The third kappa shape index (κ3) is 2.49. The van der Waals surface area contributed by atoms with Gasteiger partial charge in [0.25, 0.3) is 0 Å². The first kappa shape index (κ1) is 12.9. The Labute approximate surface area is 105 Å². The van der Waals surface area contributed by atoms with E-state index in [0.29, 0.717) is 23.2 Å². The molecule has 2 fully saturated rings. The summed E-state index contributed by atoms with van der Waals surface area (Å²) in [5, 5.41) is 0. The maximum Gasteiger partial charge on any atom is 0.226 e. The molecule has 1 saturated carbocycles. The maximum atomic E-state index is 12.3. The van der Waals surface area contributed by atoms with Crippen LogP contribution in [0, 0.1) is 17.3 Å². The van der Waals surface area contributed by atoms with Crippen LogP contribution < -0.4 is 5.73 Å². The summed E-state index contributed by atoms with van der Waals surface area (Å²) in [6, 6.07) is 0.272. The van der Waals surface area contributed by atoms with Crippen LogP contribution in [0.15, 0.2) is 0 Å². The van der Waals surface area contributed by atoms with Gasteiger partial charge in [-0.1, -0.05) is 13.8 Å². The summed E-state index contributed by atoms with van der Waals surface area (Å²) in [7, 11) is 0. The van der Waals surface area contributed by atoms with Crippen molar-refractivity contribution in [3.05, 3.63) is 0 Å². The molecule has 2 aliphatic rings. The molecule has 17 heavy (non-hydrogen) atoms. The van der Waals surface area contributed by atoms with Gasteiger partial charge >= 0.3 is 0 Å². The Bertz CT molecular complexity index is 295. The van der Waals surface area contributed by atoms with Crippen molar-refractivity contribution in [2.24, 2.45) is 23.0 Å². The van der Waals surface area contributed by atoms with Gasteiger partial charge in [-0.2, -0.15) is 0 Å². The van der Waals surface area contributed by atoms with Crippen molar-refractivity contribution in [1.29, 1.82) is 0 Å². The molecule has 3 atom stereocenters. The lowest BCUT2D eigenvalue weighted by atomic mass is 9.90. The van der Waals surface area contributed by atoms with Gasteiger partial charge in [-0.25, -0.2) is 0 Å². The number of piperidine rings is 1. The van der Waals surface area contributed by atoms with Crippen LogP contribution in [0.4, 0.5) is 0 Å². The fraction of sp³-hybridized carbons (Fsp3) is 0.929. The fourth-order valence-corrected chi connectivity index (χ4v) is 3.05. The largest absolute Gasteiger partial charge is 0.342 e. The van der Waals surface area contributed by atoms with Crippen LogP contribution in [-0.2, 0) is 4.79 Å². The van der Waals surface area contributed by atoms with Gasteiger partial charge in [0.15, 0.2) is 0 Å². The number of nitrogens with two attached hydrogens (primary N) is 1. The topological polar surface area (TPSA) is 46.3 Å². The van der Waals surface area contributed by atoms with E-state index in [2.05, 4.69) is 25.7 Å². The van der Waals surface area contributed by atoms with Gasteiger partial charge in [0.05, 0.1) is 0 Å². The monoisotopic (exact) mass is 238 g/mol. The van der Waals surface area contributed by atoms with Crippen LogP contribution >= 0.6 is 0 Å². The summed E-state index contributed by atoms with van der Waals surface area (Å²) in [6.07, 6.45) is 4.38. The molecule has 1 aliphatic carbocycles. The van der Waals surface area contributed by atoms with E-state index in [0.717, 1.165) is 38.8 Å². The zero-order valence-electron chi connectivity index (χ0n) is 11.4. The average Bonchev–Trinajstić information content (AvgIpc) is 3.02. The third-order valence-corrected chi connectivity index (χ3v) is 5.05. The standard InChI is InChI=1S/C14H26N2O/c1-4-14(3)9-12(14)13(17)16-7-5-11(6-8-16)10(2)15/h10-12H,4-9,15H2,1-3H3. The van der Waals surface area contributed by atoms with E-state index in [1.807, 2.05) is 0 Å². The molecule has 3 unspecified atom stereocenters. The van der Waals surface area contributed by atoms with Crippen LogP contribution in [0.25, 0.3) is 0 Å². The van der Waals surface area contributed by atoms with Crippen molar-refractivity contribution >= 4 is 5.91 Å². The minimum atomic E-state index is 0.272. The van der Waals surface area contributed by atoms with Crippen LogP contribution in [-0.4, -0.2) is 29.9 Å². The molecule has 2 rings (SSSR count). The highest BCUT2D eigenvalue weighted by molar-refractivity contribution is 5.82. The molecule has 1 aliphatic heterocycles. The number of carbonyl (C=O) groups excluding carboxylic acids is 1. The van der Waals surface area contributed by atoms with Crippen molar-refractivity contribution in [1.82, 2.24) is 4.90 Å². The molecule has 3 nitrogen and oxygen atoms in total. The smallest absolute Gasteiger partial charge is 0.226 e. The number of amides is 1. The Morgan fingerprint density at radius 2 is 2.06 bits per heavy atom. The predicted molar refractivity (Wildman–Crippen MR) is 69.5 cm³/mol. The Kier molecular flexibility index (Phi) is 3.48. The number of likely N-dealkylation sites (tertiary alicyclic amines) is 1. The lowest BCUT2D eigenvalue weighted by Crippen LogP contribution is -2.43. The summed E-state index contributed by atoms with van der Waals surface area (Å²) in [6.45, 7) is 8.35. The van der Waals surface area contributed by atoms with Crippen molar-refractivity contribution in [2.75, 3.05) is 13.1 Å². The van der Waals surface area contributed by atoms with E-state index in [1.54, 1.807) is 0 Å².